The summed E-state index contributed by atoms with van der Waals surface area (Å²) in [6, 6.07) is 14.7. The van der Waals surface area contributed by atoms with Crippen LogP contribution in [0.15, 0.2) is 65.6 Å². The SMILES string of the molecule is O=C(Nc1ccc(S(=O)(=O)Nc2cc(Cl)cc(Cl)c2)cc1)C1CCN(S(=O)(=O)Cc2ccc(Cl)cc2Cl)CC1. The summed E-state index contributed by atoms with van der Waals surface area (Å²) in [7, 11) is -7.55. The van der Waals surface area contributed by atoms with E-state index >= 15 is 0 Å². The smallest absolute Gasteiger partial charge is 0.261 e. The number of amides is 1. The minimum absolute atomic E-state index is 0.0177. The van der Waals surface area contributed by atoms with E-state index in [9.17, 15) is 21.6 Å². The zero-order valence-corrected chi connectivity index (χ0v) is 24.9. The number of piperidine rings is 1. The maximum atomic E-state index is 12.9. The first-order valence-electron chi connectivity index (χ1n) is 11.6. The van der Waals surface area contributed by atoms with Crippen LogP contribution in [0.3, 0.4) is 0 Å². The van der Waals surface area contributed by atoms with E-state index in [2.05, 4.69) is 10.0 Å². The van der Waals surface area contributed by atoms with E-state index in [1.807, 2.05) is 0 Å². The Morgan fingerprint density at radius 3 is 2.00 bits per heavy atom. The van der Waals surface area contributed by atoms with Crippen LogP contribution < -0.4 is 10.0 Å². The average Bonchev–Trinajstić information content (AvgIpc) is 2.85. The van der Waals surface area contributed by atoms with Gasteiger partial charge in [0, 0.05) is 44.8 Å². The molecule has 2 N–H and O–H groups in total. The largest absolute Gasteiger partial charge is 0.326 e. The van der Waals surface area contributed by atoms with Crippen molar-refractivity contribution in [2.45, 2.75) is 23.5 Å². The Hall–Kier alpha value is -2.05. The predicted octanol–water partition coefficient (Wildman–Crippen LogP) is 6.28. The summed E-state index contributed by atoms with van der Waals surface area (Å²) in [4.78, 5) is 12.8. The lowest BCUT2D eigenvalue weighted by molar-refractivity contribution is -0.120. The van der Waals surface area contributed by atoms with Gasteiger partial charge in [-0.2, -0.15) is 0 Å². The molecule has 8 nitrogen and oxygen atoms in total. The summed E-state index contributed by atoms with van der Waals surface area (Å²) < 4.78 is 55.0. The first-order chi connectivity index (χ1) is 18.3. The molecule has 0 unspecified atom stereocenters. The monoisotopic (exact) mass is 649 g/mol. The third-order valence-corrected chi connectivity index (χ3v) is 10.4. The summed E-state index contributed by atoms with van der Waals surface area (Å²) in [5.41, 5.74) is 1.09. The number of carbonyl (C=O) groups excluding carboxylic acids is 1. The van der Waals surface area contributed by atoms with E-state index in [0.29, 0.717) is 29.1 Å². The fourth-order valence-electron chi connectivity index (χ4n) is 4.11. The van der Waals surface area contributed by atoms with E-state index in [1.54, 1.807) is 12.1 Å². The molecule has 1 aliphatic rings. The summed E-state index contributed by atoms with van der Waals surface area (Å²) >= 11 is 23.9. The zero-order chi connectivity index (χ0) is 28.4. The second-order valence-corrected chi connectivity index (χ2v) is 14.3. The third-order valence-electron chi connectivity index (χ3n) is 6.12. The highest BCUT2D eigenvalue weighted by molar-refractivity contribution is 7.92. The van der Waals surface area contributed by atoms with Crippen molar-refractivity contribution in [3.63, 3.8) is 0 Å². The molecule has 1 saturated heterocycles. The van der Waals surface area contributed by atoms with Crippen LogP contribution in [0.1, 0.15) is 18.4 Å². The molecular formula is C25H23Cl4N3O5S2. The van der Waals surface area contributed by atoms with Crippen molar-refractivity contribution in [1.82, 2.24) is 4.31 Å². The molecule has 208 valence electrons. The molecule has 0 atom stereocenters. The summed E-state index contributed by atoms with van der Waals surface area (Å²) in [5.74, 6) is -0.919. The molecule has 0 aromatic heterocycles. The Bertz CT molecular complexity index is 1570. The van der Waals surface area contributed by atoms with Crippen molar-refractivity contribution in [1.29, 1.82) is 0 Å². The van der Waals surface area contributed by atoms with Gasteiger partial charge >= 0.3 is 0 Å². The highest BCUT2D eigenvalue weighted by atomic mass is 35.5. The lowest BCUT2D eigenvalue weighted by atomic mass is 9.97. The van der Waals surface area contributed by atoms with Crippen LogP contribution in [0.2, 0.25) is 20.1 Å². The molecule has 1 heterocycles. The number of hydrogen-bond donors (Lipinski definition) is 2. The fraction of sp³-hybridized carbons (Fsp3) is 0.240. The van der Waals surface area contributed by atoms with E-state index in [-0.39, 0.29) is 50.4 Å². The minimum Gasteiger partial charge on any atom is -0.326 e. The molecule has 0 radical (unpaired) electrons. The van der Waals surface area contributed by atoms with Crippen molar-refractivity contribution in [3.8, 4) is 0 Å². The Morgan fingerprint density at radius 2 is 1.41 bits per heavy atom. The molecule has 1 amide bonds. The predicted molar refractivity (Wildman–Crippen MR) is 156 cm³/mol. The number of rotatable bonds is 8. The summed E-state index contributed by atoms with van der Waals surface area (Å²) in [6.45, 7) is 0.393. The van der Waals surface area contributed by atoms with Crippen LogP contribution in [-0.2, 0) is 30.6 Å². The van der Waals surface area contributed by atoms with Gasteiger partial charge < -0.3 is 5.32 Å². The quantitative estimate of drug-likeness (QED) is 0.298. The zero-order valence-electron chi connectivity index (χ0n) is 20.2. The van der Waals surface area contributed by atoms with Crippen molar-refractivity contribution >= 4 is 83.7 Å². The van der Waals surface area contributed by atoms with Crippen LogP contribution >= 0.6 is 46.4 Å². The number of nitrogens with zero attached hydrogens (tertiary/aromatic N) is 1. The summed E-state index contributed by atoms with van der Waals surface area (Å²) in [6.07, 6.45) is 0.690. The number of carbonyl (C=O) groups is 1. The molecule has 14 heteroatoms. The third kappa shape index (κ3) is 7.79. The van der Waals surface area contributed by atoms with Crippen LogP contribution in [0.4, 0.5) is 11.4 Å². The number of benzene rings is 3. The van der Waals surface area contributed by atoms with E-state index in [1.165, 1.54) is 52.8 Å². The van der Waals surface area contributed by atoms with Gasteiger partial charge in [-0.3, -0.25) is 9.52 Å². The highest BCUT2D eigenvalue weighted by Gasteiger charge is 2.31. The Labute approximate surface area is 247 Å². The molecule has 0 spiro atoms. The molecule has 3 aromatic rings. The molecule has 1 aliphatic heterocycles. The lowest BCUT2D eigenvalue weighted by Crippen LogP contribution is -2.41. The molecule has 39 heavy (non-hydrogen) atoms. The van der Waals surface area contributed by atoms with Crippen molar-refractivity contribution < 1.29 is 21.6 Å². The van der Waals surface area contributed by atoms with Gasteiger partial charge in [-0.1, -0.05) is 52.5 Å². The van der Waals surface area contributed by atoms with Crippen molar-refractivity contribution in [2.75, 3.05) is 23.1 Å². The van der Waals surface area contributed by atoms with Crippen LogP contribution in [0, 0.1) is 5.92 Å². The first kappa shape index (κ1) is 29.9. The van der Waals surface area contributed by atoms with Gasteiger partial charge in [-0.15, -0.1) is 0 Å². The second kappa shape index (κ2) is 12.2. The Morgan fingerprint density at radius 1 is 0.795 bits per heavy atom. The lowest BCUT2D eigenvalue weighted by Gasteiger charge is -2.30. The number of sulfonamides is 2. The maximum absolute atomic E-state index is 12.9. The minimum atomic E-state index is -3.92. The molecule has 0 aliphatic carbocycles. The number of halogens is 4. The molecule has 4 rings (SSSR count). The molecule has 3 aromatic carbocycles. The number of anilines is 2. The molecule has 0 bridgehead atoms. The van der Waals surface area contributed by atoms with Gasteiger partial charge in [-0.05, 0) is 73.0 Å². The standard InChI is InChI=1S/C25H23Cl4N3O5S2/c26-18-2-1-17(24(29)14-18)15-38(34,35)32-9-7-16(8-10-32)25(33)30-21-3-5-23(6-4-21)39(36,37)31-22-12-19(27)11-20(28)13-22/h1-6,11-14,16,31H,7-10,15H2,(H,30,33). The van der Waals surface area contributed by atoms with Gasteiger partial charge in [0.15, 0.2) is 0 Å². The second-order valence-electron chi connectivity index (χ2n) is 8.94. The van der Waals surface area contributed by atoms with Crippen LogP contribution in [-0.4, -0.2) is 40.1 Å². The maximum Gasteiger partial charge on any atom is 0.261 e. The normalized spacial score (nSPS) is 15.2. The average molecular weight is 651 g/mol. The van der Waals surface area contributed by atoms with E-state index < -0.39 is 26.0 Å². The van der Waals surface area contributed by atoms with Gasteiger partial charge in [0.1, 0.15) is 0 Å². The van der Waals surface area contributed by atoms with Gasteiger partial charge in [0.2, 0.25) is 15.9 Å². The molecule has 1 fully saturated rings. The Balaban J connectivity index is 1.33. The Kier molecular flexibility index (Phi) is 9.37. The number of nitrogens with one attached hydrogen (secondary N) is 2. The van der Waals surface area contributed by atoms with Crippen LogP contribution in [0.25, 0.3) is 0 Å². The first-order valence-corrected chi connectivity index (χ1v) is 16.2. The van der Waals surface area contributed by atoms with E-state index in [0.717, 1.165) is 0 Å². The topological polar surface area (TPSA) is 113 Å². The highest BCUT2D eigenvalue weighted by Crippen LogP contribution is 2.28. The van der Waals surface area contributed by atoms with Gasteiger partial charge in [-0.25, -0.2) is 21.1 Å². The molecular weight excluding hydrogens is 628 g/mol. The van der Waals surface area contributed by atoms with Crippen molar-refractivity contribution in [3.05, 3.63) is 86.3 Å². The van der Waals surface area contributed by atoms with Crippen molar-refractivity contribution in [2.24, 2.45) is 5.92 Å². The van der Waals surface area contributed by atoms with Gasteiger partial charge in [0.05, 0.1) is 16.3 Å². The number of hydrogen-bond acceptors (Lipinski definition) is 5. The van der Waals surface area contributed by atoms with E-state index in [4.69, 9.17) is 46.4 Å². The fourth-order valence-corrected chi connectivity index (χ4v) is 7.83. The van der Waals surface area contributed by atoms with Gasteiger partial charge in [0.25, 0.3) is 10.0 Å². The molecule has 0 saturated carbocycles. The van der Waals surface area contributed by atoms with Crippen LogP contribution in [0.5, 0.6) is 0 Å². The summed E-state index contributed by atoms with van der Waals surface area (Å²) in [5, 5.41) is 4.05.